The number of aromatic nitrogens is 3. The maximum Gasteiger partial charge on any atom is 0.136 e. The largest absolute Gasteiger partial charge is 0.383 e. The van der Waals surface area contributed by atoms with Crippen molar-refractivity contribution in [1.82, 2.24) is 14.8 Å². The van der Waals surface area contributed by atoms with Gasteiger partial charge in [-0.3, -0.25) is 9.67 Å². The zero-order valence-corrected chi connectivity index (χ0v) is 9.19. The molecule has 2 N–H and O–H groups in total. The first-order chi connectivity index (χ1) is 6.70. The van der Waals surface area contributed by atoms with Gasteiger partial charge in [-0.1, -0.05) is 6.07 Å². The van der Waals surface area contributed by atoms with Crippen LogP contribution in [0, 0.1) is 0 Å². The van der Waals surface area contributed by atoms with Crippen LogP contribution in [-0.2, 0) is 7.05 Å². The van der Waals surface area contributed by atoms with Crippen molar-refractivity contribution in [3.63, 3.8) is 0 Å². The Kier molecular flexibility index (Phi) is 2.25. The molecule has 0 aliphatic heterocycles. The van der Waals surface area contributed by atoms with Crippen LogP contribution in [-0.4, -0.2) is 14.8 Å². The Balaban J connectivity index is 2.58. The standard InChI is InChI=1S/C9H9BrN4/c1-14-9(11)7(10)8(13-14)6-4-2-3-5-12-6/h2-5H,11H2,1H3. The van der Waals surface area contributed by atoms with E-state index in [0.717, 1.165) is 15.9 Å². The summed E-state index contributed by atoms with van der Waals surface area (Å²) in [4.78, 5) is 4.20. The minimum atomic E-state index is 0.602. The third kappa shape index (κ3) is 1.39. The number of aryl methyl sites for hydroxylation is 1. The number of rotatable bonds is 1. The molecule has 0 amide bonds. The first kappa shape index (κ1) is 9.21. The van der Waals surface area contributed by atoms with Gasteiger partial charge in [0.1, 0.15) is 11.5 Å². The Hall–Kier alpha value is -1.36. The quantitative estimate of drug-likeness (QED) is 0.843. The van der Waals surface area contributed by atoms with E-state index in [1.54, 1.807) is 17.9 Å². The number of halogens is 1. The van der Waals surface area contributed by atoms with E-state index in [9.17, 15) is 0 Å². The van der Waals surface area contributed by atoms with Gasteiger partial charge < -0.3 is 5.73 Å². The third-order valence-electron chi connectivity index (χ3n) is 1.94. The summed E-state index contributed by atoms with van der Waals surface area (Å²) < 4.78 is 2.41. The highest BCUT2D eigenvalue weighted by atomic mass is 79.9. The van der Waals surface area contributed by atoms with Crippen LogP contribution < -0.4 is 5.73 Å². The third-order valence-corrected chi connectivity index (χ3v) is 2.72. The molecule has 2 aromatic rings. The molecule has 2 rings (SSSR count). The first-order valence-electron chi connectivity index (χ1n) is 4.09. The van der Waals surface area contributed by atoms with Crippen LogP contribution in [0.15, 0.2) is 28.9 Å². The summed E-state index contributed by atoms with van der Waals surface area (Å²) in [5, 5.41) is 4.26. The number of nitrogen functional groups attached to an aromatic ring is 1. The monoisotopic (exact) mass is 252 g/mol. The molecule has 5 heteroatoms. The van der Waals surface area contributed by atoms with Crippen molar-refractivity contribution in [2.45, 2.75) is 0 Å². The van der Waals surface area contributed by atoms with Crippen molar-refractivity contribution < 1.29 is 0 Å². The fourth-order valence-electron chi connectivity index (χ4n) is 1.18. The minimum Gasteiger partial charge on any atom is -0.383 e. The summed E-state index contributed by atoms with van der Waals surface area (Å²) in [6.07, 6.45) is 1.73. The molecule has 0 aromatic carbocycles. The highest BCUT2D eigenvalue weighted by Gasteiger charge is 2.13. The molecule has 14 heavy (non-hydrogen) atoms. The Morgan fingerprint density at radius 2 is 2.21 bits per heavy atom. The Labute approximate surface area is 89.9 Å². The van der Waals surface area contributed by atoms with Gasteiger partial charge in [0.2, 0.25) is 0 Å². The first-order valence-corrected chi connectivity index (χ1v) is 4.89. The minimum absolute atomic E-state index is 0.602. The normalized spacial score (nSPS) is 10.4. The lowest BCUT2D eigenvalue weighted by Crippen LogP contribution is -1.97. The average Bonchev–Trinajstić information content (AvgIpc) is 2.47. The van der Waals surface area contributed by atoms with E-state index in [0.29, 0.717) is 5.82 Å². The van der Waals surface area contributed by atoms with Crippen LogP contribution in [0.25, 0.3) is 11.4 Å². The van der Waals surface area contributed by atoms with Gasteiger partial charge in [0.15, 0.2) is 0 Å². The van der Waals surface area contributed by atoms with E-state index in [-0.39, 0.29) is 0 Å². The second-order valence-corrected chi connectivity index (χ2v) is 3.68. The zero-order chi connectivity index (χ0) is 10.1. The number of hydrogen-bond donors (Lipinski definition) is 1. The van der Waals surface area contributed by atoms with E-state index in [1.807, 2.05) is 18.2 Å². The summed E-state index contributed by atoms with van der Waals surface area (Å²) in [6, 6.07) is 5.68. The molecule has 0 unspecified atom stereocenters. The number of hydrogen-bond acceptors (Lipinski definition) is 3. The van der Waals surface area contributed by atoms with Crippen molar-refractivity contribution in [2.24, 2.45) is 7.05 Å². The second-order valence-electron chi connectivity index (χ2n) is 2.89. The fourth-order valence-corrected chi connectivity index (χ4v) is 1.72. The van der Waals surface area contributed by atoms with Crippen LogP contribution in [0.1, 0.15) is 0 Å². The summed E-state index contributed by atoms with van der Waals surface area (Å²) in [5.74, 6) is 0.602. The molecule has 0 spiro atoms. The van der Waals surface area contributed by atoms with Crippen molar-refractivity contribution in [3.05, 3.63) is 28.9 Å². The number of anilines is 1. The van der Waals surface area contributed by atoms with Gasteiger partial charge in [-0.15, -0.1) is 0 Å². The van der Waals surface area contributed by atoms with Crippen LogP contribution in [0.3, 0.4) is 0 Å². The van der Waals surface area contributed by atoms with Gasteiger partial charge in [-0.25, -0.2) is 0 Å². The number of pyridine rings is 1. The lowest BCUT2D eigenvalue weighted by Gasteiger charge is -1.94. The highest BCUT2D eigenvalue weighted by Crippen LogP contribution is 2.29. The topological polar surface area (TPSA) is 56.7 Å². The molecule has 4 nitrogen and oxygen atoms in total. The predicted molar refractivity (Wildman–Crippen MR) is 58.6 cm³/mol. The molecular formula is C9H9BrN4. The Morgan fingerprint density at radius 1 is 1.43 bits per heavy atom. The van der Waals surface area contributed by atoms with Gasteiger partial charge in [-0.2, -0.15) is 5.10 Å². The molecule has 0 aliphatic rings. The van der Waals surface area contributed by atoms with E-state index in [1.165, 1.54) is 0 Å². The zero-order valence-electron chi connectivity index (χ0n) is 7.61. The van der Waals surface area contributed by atoms with Gasteiger partial charge in [0.05, 0.1) is 10.2 Å². The highest BCUT2D eigenvalue weighted by molar-refractivity contribution is 9.10. The number of nitrogens with two attached hydrogens (primary N) is 1. The molecule has 0 radical (unpaired) electrons. The molecule has 0 aliphatic carbocycles. The maximum absolute atomic E-state index is 5.77. The summed E-state index contributed by atoms with van der Waals surface area (Å²) in [7, 11) is 1.80. The molecule has 0 saturated carbocycles. The van der Waals surface area contributed by atoms with Crippen LogP contribution >= 0.6 is 15.9 Å². The van der Waals surface area contributed by atoms with Crippen molar-refractivity contribution in [2.75, 3.05) is 5.73 Å². The van der Waals surface area contributed by atoms with E-state index in [2.05, 4.69) is 26.0 Å². The average molecular weight is 253 g/mol. The fraction of sp³-hybridized carbons (Fsp3) is 0.111. The molecule has 2 heterocycles. The van der Waals surface area contributed by atoms with E-state index < -0.39 is 0 Å². The molecule has 2 aromatic heterocycles. The molecule has 0 saturated heterocycles. The van der Waals surface area contributed by atoms with E-state index >= 15 is 0 Å². The summed E-state index contributed by atoms with van der Waals surface area (Å²) in [6.45, 7) is 0. The lowest BCUT2D eigenvalue weighted by molar-refractivity contribution is 0.781. The molecule has 0 bridgehead atoms. The molecule has 0 fully saturated rings. The maximum atomic E-state index is 5.77. The van der Waals surface area contributed by atoms with Gasteiger partial charge in [0, 0.05) is 13.2 Å². The van der Waals surface area contributed by atoms with Crippen molar-refractivity contribution >= 4 is 21.7 Å². The number of nitrogens with zero attached hydrogens (tertiary/aromatic N) is 3. The second kappa shape index (κ2) is 3.42. The molecule has 0 atom stereocenters. The van der Waals surface area contributed by atoms with Crippen molar-refractivity contribution in [1.29, 1.82) is 0 Å². The SMILES string of the molecule is Cn1nc(-c2ccccn2)c(Br)c1N. The van der Waals surface area contributed by atoms with E-state index in [4.69, 9.17) is 5.73 Å². The Bertz CT molecular complexity index is 449. The predicted octanol–water partition coefficient (Wildman–Crippen LogP) is 1.83. The van der Waals surface area contributed by atoms with Gasteiger partial charge in [0.25, 0.3) is 0 Å². The summed E-state index contributed by atoms with van der Waals surface area (Å²) in [5.41, 5.74) is 7.35. The Morgan fingerprint density at radius 3 is 2.71 bits per heavy atom. The van der Waals surface area contributed by atoms with Gasteiger partial charge >= 0.3 is 0 Å². The van der Waals surface area contributed by atoms with Crippen molar-refractivity contribution in [3.8, 4) is 11.4 Å². The molecule has 72 valence electrons. The lowest BCUT2D eigenvalue weighted by atomic mass is 10.3. The van der Waals surface area contributed by atoms with Gasteiger partial charge in [-0.05, 0) is 28.1 Å². The molecular weight excluding hydrogens is 244 g/mol. The van der Waals surface area contributed by atoms with Crippen LogP contribution in [0.4, 0.5) is 5.82 Å². The summed E-state index contributed by atoms with van der Waals surface area (Å²) >= 11 is 3.39. The van der Waals surface area contributed by atoms with Crippen LogP contribution in [0.2, 0.25) is 0 Å². The van der Waals surface area contributed by atoms with Crippen LogP contribution in [0.5, 0.6) is 0 Å². The smallest absolute Gasteiger partial charge is 0.136 e.